The van der Waals surface area contributed by atoms with E-state index in [1.165, 1.54) is 0 Å². The van der Waals surface area contributed by atoms with Crippen molar-refractivity contribution in [1.82, 2.24) is 5.32 Å². The van der Waals surface area contributed by atoms with Gasteiger partial charge in [0.25, 0.3) is 0 Å². The van der Waals surface area contributed by atoms with Crippen LogP contribution in [0.15, 0.2) is 37.0 Å². The Morgan fingerprint density at radius 1 is 1.61 bits per heavy atom. The third kappa shape index (κ3) is 4.22. The van der Waals surface area contributed by atoms with E-state index in [9.17, 15) is 4.79 Å². The molecular formula is C14H20ClNO2. The number of halogens is 1. The summed E-state index contributed by atoms with van der Waals surface area (Å²) in [5, 5.41) is 2.73. The van der Waals surface area contributed by atoms with Crippen molar-refractivity contribution in [2.24, 2.45) is 5.92 Å². The van der Waals surface area contributed by atoms with Gasteiger partial charge in [0.05, 0.1) is 11.5 Å². The molecule has 0 aromatic heterocycles. The molecule has 0 fully saturated rings. The maximum Gasteiger partial charge on any atom is 0.407 e. The highest BCUT2D eigenvalue weighted by molar-refractivity contribution is 6.25. The van der Waals surface area contributed by atoms with Crippen LogP contribution in [0.25, 0.3) is 0 Å². The smallest absolute Gasteiger partial charge is 0.407 e. The Morgan fingerprint density at radius 2 is 2.39 bits per heavy atom. The summed E-state index contributed by atoms with van der Waals surface area (Å²) in [5.41, 5.74) is 0. The van der Waals surface area contributed by atoms with Gasteiger partial charge in [-0.25, -0.2) is 4.79 Å². The zero-order valence-electron chi connectivity index (χ0n) is 10.7. The third-order valence-corrected chi connectivity index (χ3v) is 3.51. The molecule has 0 bridgehead atoms. The Bertz CT molecular complexity index is 352. The third-order valence-electron chi connectivity index (χ3n) is 2.92. The van der Waals surface area contributed by atoms with Gasteiger partial charge in [-0.3, -0.25) is 0 Å². The molecule has 0 aromatic carbocycles. The van der Waals surface area contributed by atoms with Crippen LogP contribution in [-0.2, 0) is 4.74 Å². The van der Waals surface area contributed by atoms with Crippen LogP contribution in [0.1, 0.15) is 19.8 Å². The number of nitrogens with one attached hydrogen (secondary N) is 1. The molecule has 1 N–H and O–H groups in total. The summed E-state index contributed by atoms with van der Waals surface area (Å²) in [5.74, 6) is 0.0634. The van der Waals surface area contributed by atoms with Crippen LogP contribution in [-0.4, -0.2) is 24.1 Å². The van der Waals surface area contributed by atoms with Gasteiger partial charge in [-0.1, -0.05) is 30.4 Å². The van der Waals surface area contributed by atoms with E-state index in [0.29, 0.717) is 13.2 Å². The second-order valence-corrected chi connectivity index (χ2v) is 4.91. The second kappa shape index (κ2) is 7.27. The highest BCUT2D eigenvalue weighted by Gasteiger charge is 2.33. The van der Waals surface area contributed by atoms with Crippen LogP contribution < -0.4 is 5.32 Å². The molecule has 1 rings (SSSR count). The molecule has 0 saturated heterocycles. The number of hydrogen-bond acceptors (Lipinski definition) is 2. The molecule has 0 saturated carbocycles. The number of ether oxygens (including phenoxy) is 1. The first kappa shape index (κ1) is 14.8. The number of rotatable bonds is 6. The first-order valence-corrected chi connectivity index (χ1v) is 6.56. The molecule has 0 aliphatic heterocycles. The molecule has 0 aromatic rings. The van der Waals surface area contributed by atoms with Gasteiger partial charge in [0.1, 0.15) is 0 Å². The van der Waals surface area contributed by atoms with Crippen molar-refractivity contribution in [2.45, 2.75) is 24.6 Å². The topological polar surface area (TPSA) is 38.3 Å². The molecule has 0 heterocycles. The van der Waals surface area contributed by atoms with Crippen LogP contribution >= 0.6 is 11.6 Å². The van der Waals surface area contributed by atoms with Crippen LogP contribution in [0.2, 0.25) is 0 Å². The van der Waals surface area contributed by atoms with Crippen LogP contribution in [0.3, 0.4) is 0 Å². The molecule has 3 nitrogen and oxygen atoms in total. The minimum Gasteiger partial charge on any atom is -0.450 e. The Hall–Kier alpha value is -1.22. The van der Waals surface area contributed by atoms with E-state index < -0.39 is 11.0 Å². The zero-order chi connectivity index (χ0) is 13.4. The van der Waals surface area contributed by atoms with E-state index in [-0.39, 0.29) is 5.92 Å². The monoisotopic (exact) mass is 269 g/mol. The van der Waals surface area contributed by atoms with Crippen LogP contribution in [0.5, 0.6) is 0 Å². The SMILES string of the molecule is C=CCCC1(Cl)C=CC=CC1CNC(=O)OCC. The number of amides is 1. The van der Waals surface area contributed by atoms with Crippen LogP contribution in [0, 0.1) is 5.92 Å². The van der Waals surface area contributed by atoms with Crippen molar-refractivity contribution in [1.29, 1.82) is 0 Å². The summed E-state index contributed by atoms with van der Waals surface area (Å²) in [4.78, 5) is 10.8. The molecule has 1 amide bonds. The van der Waals surface area contributed by atoms with Gasteiger partial charge in [-0.15, -0.1) is 18.2 Å². The van der Waals surface area contributed by atoms with Gasteiger partial charge in [-0.2, -0.15) is 0 Å². The van der Waals surface area contributed by atoms with Gasteiger partial charge < -0.3 is 10.1 Å². The van der Waals surface area contributed by atoms with E-state index in [4.69, 9.17) is 16.3 Å². The summed E-state index contributed by atoms with van der Waals surface area (Å²) in [6.07, 6.45) is 11.0. The largest absolute Gasteiger partial charge is 0.450 e. The number of alkyl halides is 1. The summed E-state index contributed by atoms with van der Waals surface area (Å²) in [6.45, 7) is 6.33. The fraction of sp³-hybridized carbons (Fsp3) is 0.500. The average Bonchev–Trinajstić information content (AvgIpc) is 2.36. The number of alkyl carbamates (subject to hydrolysis) is 1. The predicted octanol–water partition coefficient (Wildman–Crippen LogP) is 3.42. The lowest BCUT2D eigenvalue weighted by molar-refractivity contribution is 0.150. The van der Waals surface area contributed by atoms with E-state index in [2.05, 4.69) is 11.9 Å². The molecule has 2 atom stereocenters. The quantitative estimate of drug-likeness (QED) is 0.593. The van der Waals surface area contributed by atoms with Gasteiger partial charge in [-0.05, 0) is 19.8 Å². The van der Waals surface area contributed by atoms with E-state index in [1.807, 2.05) is 30.4 Å². The fourth-order valence-electron chi connectivity index (χ4n) is 1.90. The number of carbonyl (C=O) groups is 1. The molecule has 0 radical (unpaired) electrons. The standard InChI is InChI=1S/C14H20ClNO2/c1-3-5-9-14(15)10-7-6-8-12(14)11-16-13(17)18-4-2/h3,6-8,10,12H,1,4-5,9,11H2,2H3,(H,16,17). The minimum absolute atomic E-state index is 0.0634. The average molecular weight is 270 g/mol. The number of hydrogen-bond donors (Lipinski definition) is 1. The summed E-state index contributed by atoms with van der Waals surface area (Å²) >= 11 is 6.60. The highest BCUT2D eigenvalue weighted by atomic mass is 35.5. The van der Waals surface area contributed by atoms with Crippen molar-refractivity contribution in [3.8, 4) is 0 Å². The van der Waals surface area contributed by atoms with Gasteiger partial charge in [0, 0.05) is 12.5 Å². The Labute approximate surface area is 114 Å². The van der Waals surface area contributed by atoms with E-state index in [1.54, 1.807) is 6.92 Å². The number of carbonyl (C=O) groups excluding carboxylic acids is 1. The lowest BCUT2D eigenvalue weighted by Crippen LogP contribution is -2.39. The minimum atomic E-state index is -0.456. The van der Waals surface area contributed by atoms with Crippen molar-refractivity contribution in [3.05, 3.63) is 37.0 Å². The summed E-state index contributed by atoms with van der Waals surface area (Å²) in [6, 6.07) is 0. The van der Waals surface area contributed by atoms with E-state index in [0.717, 1.165) is 12.8 Å². The van der Waals surface area contributed by atoms with Crippen molar-refractivity contribution in [3.63, 3.8) is 0 Å². The molecule has 1 aliphatic carbocycles. The van der Waals surface area contributed by atoms with Crippen molar-refractivity contribution >= 4 is 17.7 Å². The van der Waals surface area contributed by atoms with E-state index >= 15 is 0 Å². The molecule has 18 heavy (non-hydrogen) atoms. The molecule has 0 spiro atoms. The normalized spacial score (nSPS) is 25.8. The second-order valence-electron chi connectivity index (χ2n) is 4.21. The molecule has 2 unspecified atom stereocenters. The fourth-order valence-corrected chi connectivity index (χ4v) is 2.23. The molecule has 4 heteroatoms. The highest BCUT2D eigenvalue weighted by Crippen LogP contribution is 2.35. The first-order chi connectivity index (χ1) is 8.62. The molecule has 100 valence electrons. The number of allylic oxidation sites excluding steroid dienone is 4. The Balaban J connectivity index is 2.55. The lowest BCUT2D eigenvalue weighted by atomic mass is 9.84. The van der Waals surface area contributed by atoms with Gasteiger partial charge in [0.2, 0.25) is 0 Å². The molecular weight excluding hydrogens is 250 g/mol. The summed E-state index contributed by atoms with van der Waals surface area (Å²) < 4.78 is 4.83. The summed E-state index contributed by atoms with van der Waals surface area (Å²) in [7, 11) is 0. The predicted molar refractivity (Wildman–Crippen MR) is 74.8 cm³/mol. The van der Waals surface area contributed by atoms with Gasteiger partial charge >= 0.3 is 6.09 Å². The molecule has 1 aliphatic rings. The van der Waals surface area contributed by atoms with Gasteiger partial charge in [0.15, 0.2) is 0 Å². The first-order valence-electron chi connectivity index (χ1n) is 6.19. The van der Waals surface area contributed by atoms with Crippen molar-refractivity contribution < 1.29 is 9.53 Å². The zero-order valence-corrected chi connectivity index (χ0v) is 11.5. The Morgan fingerprint density at radius 3 is 3.06 bits per heavy atom. The maximum atomic E-state index is 11.3. The van der Waals surface area contributed by atoms with Crippen LogP contribution in [0.4, 0.5) is 4.79 Å². The lowest BCUT2D eigenvalue weighted by Gasteiger charge is -2.32. The maximum absolute atomic E-state index is 11.3. The Kier molecular flexibility index (Phi) is 5.99. The van der Waals surface area contributed by atoms with Crippen molar-refractivity contribution in [2.75, 3.05) is 13.2 Å².